The van der Waals surface area contributed by atoms with Crippen LogP contribution in [0.25, 0.3) is 0 Å². The quantitative estimate of drug-likeness (QED) is 0.631. The Kier molecular flexibility index (Phi) is 5.94. The smallest absolute Gasteiger partial charge is 0.259 e. The molecular formula is C22H21NO4. The Bertz CT molecular complexity index is 906. The second-order valence-electron chi connectivity index (χ2n) is 5.66. The summed E-state index contributed by atoms with van der Waals surface area (Å²) >= 11 is 0. The van der Waals surface area contributed by atoms with E-state index in [2.05, 4.69) is 5.32 Å². The molecule has 0 saturated carbocycles. The fourth-order valence-corrected chi connectivity index (χ4v) is 2.58. The zero-order chi connectivity index (χ0) is 19.1. The molecule has 0 aliphatic carbocycles. The molecule has 0 radical (unpaired) electrons. The molecule has 0 aromatic heterocycles. The minimum atomic E-state index is -0.268. The lowest BCUT2D eigenvalue weighted by molar-refractivity contribution is 0.102. The molecule has 0 aliphatic heterocycles. The number of carbonyl (C=O) groups is 1. The number of hydrogen-bond donors (Lipinski definition) is 1. The van der Waals surface area contributed by atoms with Gasteiger partial charge in [-0.05, 0) is 55.5 Å². The normalized spacial score (nSPS) is 10.1. The third-order valence-corrected chi connectivity index (χ3v) is 3.85. The van der Waals surface area contributed by atoms with Gasteiger partial charge in [0.1, 0.15) is 17.2 Å². The third-order valence-electron chi connectivity index (χ3n) is 3.85. The number of methoxy groups -OCH3 is 1. The van der Waals surface area contributed by atoms with Gasteiger partial charge in [-0.1, -0.05) is 24.3 Å². The maximum atomic E-state index is 12.7. The van der Waals surface area contributed by atoms with Crippen LogP contribution in [0.3, 0.4) is 0 Å². The summed E-state index contributed by atoms with van der Waals surface area (Å²) in [7, 11) is 1.54. The molecule has 1 N–H and O–H groups in total. The van der Waals surface area contributed by atoms with Gasteiger partial charge in [0.2, 0.25) is 0 Å². The summed E-state index contributed by atoms with van der Waals surface area (Å²) in [4.78, 5) is 12.7. The van der Waals surface area contributed by atoms with Crippen LogP contribution in [0.1, 0.15) is 17.3 Å². The summed E-state index contributed by atoms with van der Waals surface area (Å²) in [6.07, 6.45) is 0. The molecule has 27 heavy (non-hydrogen) atoms. The minimum Gasteiger partial charge on any atom is -0.496 e. The topological polar surface area (TPSA) is 56.8 Å². The van der Waals surface area contributed by atoms with Gasteiger partial charge in [0.25, 0.3) is 5.91 Å². The number of ether oxygens (including phenoxy) is 3. The van der Waals surface area contributed by atoms with Crippen LogP contribution in [-0.4, -0.2) is 19.6 Å². The number of para-hydroxylation sites is 3. The van der Waals surface area contributed by atoms with E-state index in [9.17, 15) is 4.79 Å². The lowest BCUT2D eigenvalue weighted by Gasteiger charge is -2.13. The maximum Gasteiger partial charge on any atom is 0.259 e. The first-order valence-electron chi connectivity index (χ1n) is 8.65. The molecule has 138 valence electrons. The van der Waals surface area contributed by atoms with Crippen molar-refractivity contribution in [1.29, 1.82) is 0 Å². The summed E-state index contributed by atoms with van der Waals surface area (Å²) in [5, 5.41) is 2.88. The number of nitrogens with one attached hydrogen (secondary N) is 1. The predicted octanol–water partition coefficient (Wildman–Crippen LogP) is 5.14. The van der Waals surface area contributed by atoms with Crippen LogP contribution < -0.4 is 19.5 Å². The molecule has 1 amide bonds. The van der Waals surface area contributed by atoms with Crippen molar-refractivity contribution < 1.29 is 19.0 Å². The van der Waals surface area contributed by atoms with Crippen LogP contribution in [-0.2, 0) is 0 Å². The molecule has 5 heteroatoms. The summed E-state index contributed by atoms with van der Waals surface area (Å²) < 4.78 is 16.6. The van der Waals surface area contributed by atoms with E-state index in [4.69, 9.17) is 14.2 Å². The van der Waals surface area contributed by atoms with E-state index >= 15 is 0 Å². The summed E-state index contributed by atoms with van der Waals surface area (Å²) in [6.45, 7) is 2.54. The predicted molar refractivity (Wildman–Crippen MR) is 105 cm³/mol. The van der Waals surface area contributed by atoms with Gasteiger partial charge >= 0.3 is 0 Å². The zero-order valence-corrected chi connectivity index (χ0v) is 15.3. The molecule has 0 atom stereocenters. The minimum absolute atomic E-state index is 0.268. The second kappa shape index (κ2) is 8.76. The Morgan fingerprint density at radius 2 is 1.48 bits per heavy atom. The number of amides is 1. The number of anilines is 1. The van der Waals surface area contributed by atoms with E-state index in [0.29, 0.717) is 35.1 Å². The van der Waals surface area contributed by atoms with Gasteiger partial charge in [-0.2, -0.15) is 0 Å². The first-order chi connectivity index (χ1) is 13.2. The Labute approximate surface area is 158 Å². The Morgan fingerprint density at radius 1 is 0.852 bits per heavy atom. The maximum absolute atomic E-state index is 12.7. The highest BCUT2D eigenvalue weighted by atomic mass is 16.5. The molecule has 0 bridgehead atoms. The van der Waals surface area contributed by atoms with E-state index in [1.807, 2.05) is 49.4 Å². The Balaban J connectivity index is 1.78. The van der Waals surface area contributed by atoms with Crippen molar-refractivity contribution in [3.63, 3.8) is 0 Å². The van der Waals surface area contributed by atoms with E-state index in [0.717, 1.165) is 5.75 Å². The summed E-state index contributed by atoms with van der Waals surface area (Å²) in [5.41, 5.74) is 1.03. The Morgan fingerprint density at radius 3 is 2.19 bits per heavy atom. The van der Waals surface area contributed by atoms with Gasteiger partial charge < -0.3 is 19.5 Å². The Hall–Kier alpha value is -3.47. The average Bonchev–Trinajstić information content (AvgIpc) is 2.71. The van der Waals surface area contributed by atoms with Gasteiger partial charge in [-0.3, -0.25) is 4.79 Å². The summed E-state index contributed by atoms with van der Waals surface area (Å²) in [6, 6.07) is 21.7. The highest BCUT2D eigenvalue weighted by Crippen LogP contribution is 2.31. The SMILES string of the molecule is CCOc1ccc(Oc2ccccc2NC(=O)c2ccccc2OC)cc1. The first-order valence-corrected chi connectivity index (χ1v) is 8.65. The van der Waals surface area contributed by atoms with Crippen LogP contribution in [0.15, 0.2) is 72.8 Å². The van der Waals surface area contributed by atoms with E-state index in [1.54, 1.807) is 30.3 Å². The van der Waals surface area contributed by atoms with Crippen molar-refractivity contribution in [2.24, 2.45) is 0 Å². The molecule has 0 heterocycles. The van der Waals surface area contributed by atoms with Crippen molar-refractivity contribution >= 4 is 11.6 Å². The van der Waals surface area contributed by atoms with Crippen LogP contribution >= 0.6 is 0 Å². The van der Waals surface area contributed by atoms with Crippen molar-refractivity contribution in [2.45, 2.75) is 6.92 Å². The molecule has 5 nitrogen and oxygen atoms in total. The van der Waals surface area contributed by atoms with Gasteiger partial charge in [-0.15, -0.1) is 0 Å². The third kappa shape index (κ3) is 4.58. The standard InChI is InChI=1S/C22H21NO4/c1-3-26-16-12-14-17(15-13-16)27-21-11-7-5-9-19(21)23-22(24)18-8-4-6-10-20(18)25-2/h4-15H,3H2,1-2H3,(H,23,24). The summed E-state index contributed by atoms with van der Waals surface area (Å²) in [5.74, 6) is 2.22. The molecule has 0 spiro atoms. The van der Waals surface area contributed by atoms with Crippen molar-refractivity contribution in [2.75, 3.05) is 19.0 Å². The van der Waals surface area contributed by atoms with Crippen molar-refractivity contribution in [3.8, 4) is 23.0 Å². The van der Waals surface area contributed by atoms with Crippen LogP contribution in [0.2, 0.25) is 0 Å². The van der Waals surface area contributed by atoms with E-state index < -0.39 is 0 Å². The van der Waals surface area contributed by atoms with Gasteiger partial charge in [-0.25, -0.2) is 0 Å². The average molecular weight is 363 g/mol. The molecule has 0 fully saturated rings. The van der Waals surface area contributed by atoms with Gasteiger partial charge in [0.05, 0.1) is 25.0 Å². The zero-order valence-electron chi connectivity index (χ0n) is 15.3. The largest absolute Gasteiger partial charge is 0.496 e. The number of rotatable bonds is 7. The van der Waals surface area contributed by atoms with Gasteiger partial charge in [0.15, 0.2) is 5.75 Å². The van der Waals surface area contributed by atoms with Crippen molar-refractivity contribution in [3.05, 3.63) is 78.4 Å². The molecule has 3 aromatic rings. The van der Waals surface area contributed by atoms with Crippen molar-refractivity contribution in [1.82, 2.24) is 0 Å². The highest BCUT2D eigenvalue weighted by molar-refractivity contribution is 6.06. The molecular weight excluding hydrogens is 342 g/mol. The molecule has 0 aliphatic rings. The molecule has 3 rings (SSSR count). The fourth-order valence-electron chi connectivity index (χ4n) is 2.58. The number of carbonyl (C=O) groups excluding carboxylic acids is 1. The van der Waals surface area contributed by atoms with E-state index in [1.165, 1.54) is 7.11 Å². The lowest BCUT2D eigenvalue weighted by atomic mass is 10.2. The first kappa shape index (κ1) is 18.3. The fraction of sp³-hybridized carbons (Fsp3) is 0.136. The lowest BCUT2D eigenvalue weighted by Crippen LogP contribution is -2.13. The number of hydrogen-bond acceptors (Lipinski definition) is 4. The van der Waals surface area contributed by atoms with E-state index in [-0.39, 0.29) is 5.91 Å². The molecule has 3 aromatic carbocycles. The molecule has 0 saturated heterocycles. The number of benzene rings is 3. The van der Waals surface area contributed by atoms with Crippen LogP contribution in [0, 0.1) is 0 Å². The van der Waals surface area contributed by atoms with Crippen LogP contribution in [0.4, 0.5) is 5.69 Å². The van der Waals surface area contributed by atoms with Gasteiger partial charge in [0, 0.05) is 0 Å². The highest BCUT2D eigenvalue weighted by Gasteiger charge is 2.14. The molecule has 0 unspecified atom stereocenters. The van der Waals surface area contributed by atoms with Crippen LogP contribution in [0.5, 0.6) is 23.0 Å². The monoisotopic (exact) mass is 363 g/mol. The second-order valence-corrected chi connectivity index (χ2v) is 5.66.